The lowest BCUT2D eigenvalue weighted by Gasteiger charge is -2.25. The van der Waals surface area contributed by atoms with E-state index < -0.39 is 10.1 Å². The Balaban J connectivity index is 0.000000275. The Labute approximate surface area is 482 Å². The first kappa shape index (κ1) is 64.0. The third-order valence-electron chi connectivity index (χ3n) is 12.7. The standard InChI is InChI=1S/2C29H35N7O2.CH4O3S.CH4/c2*1-7-28(37)31-23-17-24(27(38-6)18-26(23)35(4)16-10-15-34(2)3)33-29-30-14-13-22(32-29)21-19-36(5)25-12-9-8-11-20(21)25;1-5(2,3)4;/h2*7-9,11-14,17-19H,1,10,15-16H2,2-6H3,(H,31,37)(H,30,32,33);1H3,(H,2,3,4);1H4. The number of ether oxygens (including phenoxy) is 2. The molecule has 8 aromatic rings. The first-order valence-corrected chi connectivity index (χ1v) is 27.7. The van der Waals surface area contributed by atoms with Gasteiger partial charge in [-0.1, -0.05) is 57.0 Å². The molecule has 436 valence electrons. The molecule has 0 fully saturated rings. The van der Waals surface area contributed by atoms with Gasteiger partial charge in [0.05, 0.1) is 66.0 Å². The molecule has 22 heteroatoms. The monoisotopic (exact) mass is 1140 g/mol. The van der Waals surface area contributed by atoms with E-state index in [1.54, 1.807) is 26.6 Å². The minimum atomic E-state index is -3.67. The number of hydrogen-bond donors (Lipinski definition) is 5. The maximum Gasteiger partial charge on any atom is 0.261 e. The molecule has 4 heterocycles. The van der Waals surface area contributed by atoms with E-state index >= 15 is 0 Å². The van der Waals surface area contributed by atoms with Gasteiger partial charge in [-0.3, -0.25) is 14.1 Å². The highest BCUT2D eigenvalue weighted by Crippen LogP contribution is 2.40. The molecule has 0 spiro atoms. The quantitative estimate of drug-likeness (QED) is 0.0314. The van der Waals surface area contributed by atoms with Crippen LogP contribution in [-0.2, 0) is 33.8 Å². The predicted octanol–water partition coefficient (Wildman–Crippen LogP) is 9.94. The maximum absolute atomic E-state index is 12.3. The van der Waals surface area contributed by atoms with Crippen LogP contribution in [0, 0.1) is 0 Å². The summed E-state index contributed by atoms with van der Waals surface area (Å²) in [5.74, 6) is 1.46. The molecule has 0 atom stereocenters. The van der Waals surface area contributed by atoms with Crippen LogP contribution in [0.25, 0.3) is 44.3 Å². The van der Waals surface area contributed by atoms with Crippen LogP contribution >= 0.6 is 0 Å². The summed E-state index contributed by atoms with van der Waals surface area (Å²) in [7, 11) is 15.8. The van der Waals surface area contributed by atoms with Crippen molar-refractivity contribution in [1.82, 2.24) is 38.9 Å². The smallest absolute Gasteiger partial charge is 0.261 e. The summed E-state index contributed by atoms with van der Waals surface area (Å²) in [4.78, 5) is 51.5. The summed E-state index contributed by atoms with van der Waals surface area (Å²) in [6.45, 7) is 10.7. The lowest BCUT2D eigenvalue weighted by atomic mass is 10.1. The molecule has 0 aliphatic carbocycles. The van der Waals surface area contributed by atoms with Gasteiger partial charge in [0.2, 0.25) is 23.7 Å². The Morgan fingerprint density at radius 3 is 1.32 bits per heavy atom. The van der Waals surface area contributed by atoms with Crippen LogP contribution in [0.1, 0.15) is 20.3 Å². The molecule has 0 saturated carbocycles. The SMILES string of the molecule is C.C=CC(=O)Nc1cc(Nc2nccc(-c3cn(C)c4ccccc34)n2)c(OC)cc1N(C)CCCN(C)C.C=CC(=O)Nc1cc(Nc2nccc(-c3cn(C)c4ccccc34)n2)c(OC)cc1N(C)CCCN(C)C.CS(=O)(=O)O. The summed E-state index contributed by atoms with van der Waals surface area (Å²) >= 11 is 0. The second-order valence-electron chi connectivity index (χ2n) is 19.5. The fourth-order valence-electron chi connectivity index (χ4n) is 8.83. The lowest BCUT2D eigenvalue weighted by Crippen LogP contribution is -2.24. The van der Waals surface area contributed by atoms with Crippen molar-refractivity contribution in [2.75, 3.05) is 120 Å². The van der Waals surface area contributed by atoms with E-state index in [2.05, 4.69) is 138 Å². The number of para-hydroxylation sites is 2. The van der Waals surface area contributed by atoms with Crippen LogP contribution < -0.4 is 40.5 Å². The molecule has 0 saturated heterocycles. The number of hydrogen-bond acceptors (Lipinski definition) is 16. The van der Waals surface area contributed by atoms with Crippen molar-refractivity contribution in [1.29, 1.82) is 0 Å². The number of aromatic nitrogens is 6. The van der Waals surface area contributed by atoms with Crippen molar-refractivity contribution in [3.8, 4) is 34.0 Å². The highest BCUT2D eigenvalue weighted by molar-refractivity contribution is 7.85. The summed E-state index contributed by atoms with van der Waals surface area (Å²) in [6, 6.07) is 27.7. The zero-order chi connectivity index (χ0) is 59.0. The summed E-state index contributed by atoms with van der Waals surface area (Å²) < 4.78 is 41.5. The molecule has 5 N–H and O–H groups in total. The summed E-state index contributed by atoms with van der Waals surface area (Å²) in [5, 5.41) is 14.7. The van der Waals surface area contributed by atoms with Gasteiger partial charge in [0.1, 0.15) is 11.5 Å². The zero-order valence-corrected chi connectivity index (χ0v) is 48.8. The molecule has 0 aliphatic rings. The molecule has 2 amide bonds. The van der Waals surface area contributed by atoms with Crippen LogP contribution in [-0.4, -0.2) is 153 Å². The molecule has 82 heavy (non-hydrogen) atoms. The van der Waals surface area contributed by atoms with Gasteiger partial charge in [0.25, 0.3) is 10.1 Å². The fourth-order valence-corrected chi connectivity index (χ4v) is 8.83. The van der Waals surface area contributed by atoms with Crippen molar-refractivity contribution in [2.24, 2.45) is 14.1 Å². The van der Waals surface area contributed by atoms with Gasteiger partial charge in [-0.25, -0.2) is 19.9 Å². The van der Waals surface area contributed by atoms with Crippen molar-refractivity contribution in [3.63, 3.8) is 0 Å². The topological polar surface area (TPSA) is 229 Å². The minimum Gasteiger partial charge on any atom is -0.494 e. The van der Waals surface area contributed by atoms with Crippen LogP contribution in [0.5, 0.6) is 11.5 Å². The van der Waals surface area contributed by atoms with Gasteiger partial charge >= 0.3 is 0 Å². The number of nitrogens with zero attached hydrogens (tertiary/aromatic N) is 10. The third-order valence-corrected chi connectivity index (χ3v) is 12.7. The number of benzene rings is 4. The number of nitrogens with one attached hydrogen (secondary N) is 4. The molecule has 0 radical (unpaired) electrons. The van der Waals surface area contributed by atoms with Gasteiger partial charge in [-0.2, -0.15) is 8.42 Å². The highest BCUT2D eigenvalue weighted by atomic mass is 32.2. The van der Waals surface area contributed by atoms with Gasteiger partial charge < -0.3 is 59.5 Å². The molecule has 8 rings (SSSR count). The number of aryl methyl sites for hydroxylation is 2. The minimum absolute atomic E-state index is 0. The molecular weight excluding hydrogens is 1060 g/mol. The largest absolute Gasteiger partial charge is 0.494 e. The zero-order valence-electron chi connectivity index (χ0n) is 48.0. The number of methoxy groups -OCH3 is 2. The molecular formula is C60H78N14O7S. The highest BCUT2D eigenvalue weighted by Gasteiger charge is 2.20. The predicted molar refractivity (Wildman–Crippen MR) is 335 cm³/mol. The van der Waals surface area contributed by atoms with Crippen molar-refractivity contribution in [2.45, 2.75) is 20.3 Å². The Bertz CT molecular complexity index is 3370. The van der Waals surface area contributed by atoms with Crippen molar-refractivity contribution >= 4 is 89.8 Å². The van der Waals surface area contributed by atoms with E-state index in [4.69, 9.17) is 24.0 Å². The maximum atomic E-state index is 12.3. The second-order valence-corrected chi connectivity index (χ2v) is 21.0. The second kappa shape index (κ2) is 29.6. The van der Waals surface area contributed by atoms with Crippen molar-refractivity contribution in [3.05, 3.63) is 135 Å². The van der Waals surface area contributed by atoms with E-state index in [1.165, 1.54) is 12.2 Å². The van der Waals surface area contributed by atoms with Crippen LogP contribution in [0.2, 0.25) is 0 Å². The molecule has 4 aromatic carbocycles. The number of anilines is 8. The number of rotatable bonds is 22. The summed E-state index contributed by atoms with van der Waals surface area (Å²) in [5.41, 5.74) is 10.1. The fraction of sp³-hybridized carbons (Fsp3) is 0.300. The molecule has 0 unspecified atom stereocenters. The normalized spacial score (nSPS) is 10.9. The Hall–Kier alpha value is -8.83. The van der Waals surface area contributed by atoms with E-state index in [0.717, 1.165) is 94.7 Å². The first-order chi connectivity index (χ1) is 38.6. The van der Waals surface area contributed by atoms with Crippen molar-refractivity contribution < 1.29 is 32.0 Å². The lowest BCUT2D eigenvalue weighted by molar-refractivity contribution is -0.112. The van der Waals surface area contributed by atoms with Crippen LogP contribution in [0.15, 0.2) is 135 Å². The summed E-state index contributed by atoms with van der Waals surface area (Å²) in [6.07, 6.45) is 12.8. The molecule has 0 bridgehead atoms. The third kappa shape index (κ3) is 17.6. The van der Waals surface area contributed by atoms with Crippen LogP contribution in [0.3, 0.4) is 0 Å². The van der Waals surface area contributed by atoms with Gasteiger partial charge in [-0.05, 0) is 103 Å². The number of fused-ring (bicyclic) bond motifs is 2. The first-order valence-electron chi connectivity index (χ1n) is 25.8. The Kier molecular flexibility index (Phi) is 23.1. The van der Waals surface area contributed by atoms with E-state index in [-0.39, 0.29) is 19.2 Å². The average molecular weight is 1140 g/mol. The number of amides is 2. The van der Waals surface area contributed by atoms with Gasteiger partial charge in [-0.15, -0.1) is 0 Å². The Morgan fingerprint density at radius 1 is 0.610 bits per heavy atom. The van der Waals surface area contributed by atoms with Gasteiger partial charge in [0, 0.05) is 111 Å². The molecule has 21 nitrogen and oxygen atoms in total. The Morgan fingerprint density at radius 2 is 0.976 bits per heavy atom. The number of carbonyl (C=O) groups is 2. The molecule has 0 aliphatic heterocycles. The number of carbonyl (C=O) groups excluding carboxylic acids is 2. The molecule has 4 aromatic heterocycles. The van der Waals surface area contributed by atoms with Gasteiger partial charge in [0.15, 0.2) is 0 Å². The average Bonchev–Trinajstić information content (AvgIpc) is 4.17. The van der Waals surface area contributed by atoms with E-state index in [9.17, 15) is 18.0 Å². The van der Waals surface area contributed by atoms with E-state index in [0.29, 0.717) is 52.4 Å². The van der Waals surface area contributed by atoms with Crippen LogP contribution in [0.4, 0.5) is 46.0 Å². The van der Waals surface area contributed by atoms with E-state index in [1.807, 2.05) is 88.9 Å².